The van der Waals surface area contributed by atoms with Crippen molar-refractivity contribution in [2.24, 2.45) is 0 Å². The van der Waals surface area contributed by atoms with Crippen LogP contribution in [0.5, 0.6) is 0 Å². The second kappa shape index (κ2) is 5.96. The van der Waals surface area contributed by atoms with E-state index in [1.807, 2.05) is 12.1 Å². The molecule has 8 nitrogen and oxygen atoms in total. The quantitative estimate of drug-likeness (QED) is 0.638. The first kappa shape index (κ1) is 16.8. The number of rotatable bonds is 1. The molecule has 0 unspecified atom stereocenters. The summed E-state index contributed by atoms with van der Waals surface area (Å²) in [7, 11) is 0. The van der Waals surface area contributed by atoms with Crippen molar-refractivity contribution in [3.63, 3.8) is 0 Å². The SMILES string of the molecule is O=C(O)N1CC[C@H]2NC(=O)N(c3nc4c(ccc5oc6c(c54)C=CCC6)s3)[C@H]2C1. The van der Waals surface area contributed by atoms with E-state index in [4.69, 9.17) is 9.40 Å². The van der Waals surface area contributed by atoms with E-state index in [0.717, 1.165) is 45.4 Å². The van der Waals surface area contributed by atoms with Crippen LogP contribution < -0.4 is 10.2 Å². The summed E-state index contributed by atoms with van der Waals surface area (Å²) >= 11 is 1.45. The Balaban J connectivity index is 1.47. The Hall–Kier alpha value is -3.07. The van der Waals surface area contributed by atoms with Gasteiger partial charge in [0, 0.05) is 25.1 Å². The minimum atomic E-state index is -0.953. The molecule has 2 aliphatic heterocycles. The van der Waals surface area contributed by atoms with Gasteiger partial charge in [-0.05, 0) is 25.0 Å². The number of urea groups is 1. The number of hydrogen-bond donors (Lipinski definition) is 2. The summed E-state index contributed by atoms with van der Waals surface area (Å²) < 4.78 is 7.01. The highest BCUT2D eigenvalue weighted by Gasteiger charge is 2.45. The first-order chi connectivity index (χ1) is 14.1. The van der Waals surface area contributed by atoms with Crippen LogP contribution >= 0.6 is 11.3 Å². The van der Waals surface area contributed by atoms with E-state index >= 15 is 0 Å². The van der Waals surface area contributed by atoms with Crippen molar-refractivity contribution in [3.05, 3.63) is 29.5 Å². The molecule has 0 spiro atoms. The molecule has 2 atom stereocenters. The third kappa shape index (κ3) is 2.40. The molecular formula is C20H18N4O4S. The van der Waals surface area contributed by atoms with E-state index in [0.29, 0.717) is 18.1 Å². The van der Waals surface area contributed by atoms with Crippen molar-refractivity contribution in [2.45, 2.75) is 31.3 Å². The minimum Gasteiger partial charge on any atom is -0.465 e. The third-order valence-corrected chi connectivity index (χ3v) is 7.07. The number of carbonyl (C=O) groups is 2. The molecule has 2 aromatic heterocycles. The second-order valence-corrected chi connectivity index (χ2v) is 8.68. The fourth-order valence-electron chi connectivity index (χ4n) is 4.66. The van der Waals surface area contributed by atoms with E-state index in [2.05, 4.69) is 17.5 Å². The molecule has 9 heteroatoms. The summed E-state index contributed by atoms with van der Waals surface area (Å²) in [6.45, 7) is 0.715. The molecule has 2 fully saturated rings. The molecule has 148 valence electrons. The molecule has 0 saturated carbocycles. The van der Waals surface area contributed by atoms with Gasteiger partial charge in [0.15, 0.2) is 5.13 Å². The van der Waals surface area contributed by atoms with Crippen LogP contribution in [0.25, 0.3) is 27.3 Å². The lowest BCUT2D eigenvalue weighted by Crippen LogP contribution is -2.53. The van der Waals surface area contributed by atoms with Crippen molar-refractivity contribution in [1.82, 2.24) is 15.2 Å². The number of nitrogens with zero attached hydrogens (tertiary/aromatic N) is 3. The number of nitrogens with one attached hydrogen (secondary N) is 1. The molecule has 29 heavy (non-hydrogen) atoms. The molecule has 2 N–H and O–H groups in total. The summed E-state index contributed by atoms with van der Waals surface area (Å²) in [5.74, 6) is 0.980. The third-order valence-electron chi connectivity index (χ3n) is 6.05. The van der Waals surface area contributed by atoms with Crippen LogP contribution in [0.3, 0.4) is 0 Å². The number of fused-ring (bicyclic) bond motifs is 6. The summed E-state index contributed by atoms with van der Waals surface area (Å²) in [6, 6.07) is 3.42. The van der Waals surface area contributed by atoms with Crippen LogP contribution in [0.4, 0.5) is 14.7 Å². The van der Waals surface area contributed by atoms with Gasteiger partial charge in [0.05, 0.1) is 27.7 Å². The van der Waals surface area contributed by atoms with Gasteiger partial charge in [-0.25, -0.2) is 14.6 Å². The van der Waals surface area contributed by atoms with Crippen molar-refractivity contribution < 1.29 is 19.1 Å². The average molecular weight is 410 g/mol. The Morgan fingerprint density at radius 3 is 3.14 bits per heavy atom. The second-order valence-electron chi connectivity index (χ2n) is 7.67. The highest BCUT2D eigenvalue weighted by molar-refractivity contribution is 7.22. The number of furan rings is 1. The van der Waals surface area contributed by atoms with Crippen LogP contribution in [0.15, 0.2) is 22.6 Å². The molecule has 1 aliphatic carbocycles. The highest BCUT2D eigenvalue weighted by Crippen LogP contribution is 2.41. The van der Waals surface area contributed by atoms with Crippen molar-refractivity contribution in [3.8, 4) is 0 Å². The molecule has 6 rings (SSSR count). The Morgan fingerprint density at radius 2 is 2.28 bits per heavy atom. The zero-order valence-corrected chi connectivity index (χ0v) is 16.2. The number of aromatic nitrogens is 1. The van der Waals surface area contributed by atoms with Gasteiger partial charge < -0.3 is 19.7 Å². The Morgan fingerprint density at radius 1 is 1.38 bits per heavy atom. The molecule has 3 aromatic rings. The maximum absolute atomic E-state index is 12.7. The lowest BCUT2D eigenvalue weighted by Gasteiger charge is -2.34. The van der Waals surface area contributed by atoms with Crippen LogP contribution in [0.2, 0.25) is 0 Å². The molecule has 3 amide bonds. The molecule has 4 heterocycles. The Bertz CT molecular complexity index is 1210. The number of aryl methyl sites for hydroxylation is 1. The Kier molecular flexibility index (Phi) is 3.46. The normalized spacial score (nSPS) is 23.5. The topological polar surface area (TPSA) is 98.9 Å². The van der Waals surface area contributed by atoms with Gasteiger partial charge in [-0.2, -0.15) is 0 Å². The first-order valence-corrected chi connectivity index (χ1v) is 10.5. The molecule has 1 aromatic carbocycles. The lowest BCUT2D eigenvalue weighted by atomic mass is 10.0. The van der Waals surface area contributed by atoms with Crippen LogP contribution in [0.1, 0.15) is 24.2 Å². The van der Waals surface area contributed by atoms with Gasteiger partial charge in [0.1, 0.15) is 11.3 Å². The van der Waals surface area contributed by atoms with E-state index in [1.54, 1.807) is 4.90 Å². The number of carboxylic acid groups (broad SMARTS) is 1. The molecule has 0 radical (unpaired) electrons. The Labute approximate surface area is 169 Å². The predicted molar refractivity (Wildman–Crippen MR) is 110 cm³/mol. The fraction of sp³-hybridized carbons (Fsp3) is 0.350. The maximum atomic E-state index is 12.7. The smallest absolute Gasteiger partial charge is 0.407 e. The number of piperidine rings is 1. The lowest BCUT2D eigenvalue weighted by molar-refractivity contribution is 0.127. The number of thiazole rings is 1. The molecule has 0 bridgehead atoms. The molecule has 2 saturated heterocycles. The number of likely N-dealkylation sites (tertiary alicyclic amines) is 1. The van der Waals surface area contributed by atoms with Crippen LogP contribution in [-0.2, 0) is 6.42 Å². The summed E-state index contributed by atoms with van der Waals surface area (Å²) in [4.78, 5) is 32.0. The van der Waals surface area contributed by atoms with Crippen LogP contribution in [0, 0.1) is 0 Å². The first-order valence-electron chi connectivity index (χ1n) is 9.69. The number of benzene rings is 1. The largest absolute Gasteiger partial charge is 0.465 e. The summed E-state index contributed by atoms with van der Waals surface area (Å²) in [5, 5.41) is 14.0. The van der Waals surface area contributed by atoms with Gasteiger partial charge in [-0.15, -0.1) is 0 Å². The monoisotopic (exact) mass is 410 g/mol. The minimum absolute atomic E-state index is 0.0604. The van der Waals surface area contributed by atoms with Crippen LogP contribution in [-0.4, -0.2) is 52.3 Å². The molecular weight excluding hydrogens is 392 g/mol. The van der Waals surface area contributed by atoms with Gasteiger partial charge in [0.2, 0.25) is 0 Å². The number of hydrogen-bond acceptors (Lipinski definition) is 5. The zero-order chi connectivity index (χ0) is 19.7. The predicted octanol–water partition coefficient (Wildman–Crippen LogP) is 3.65. The van der Waals surface area contributed by atoms with Gasteiger partial charge in [0.25, 0.3) is 0 Å². The van der Waals surface area contributed by atoms with E-state index in [-0.39, 0.29) is 24.7 Å². The van der Waals surface area contributed by atoms with E-state index in [1.165, 1.54) is 16.2 Å². The number of anilines is 1. The molecule has 3 aliphatic rings. The van der Waals surface area contributed by atoms with Crippen molar-refractivity contribution in [1.29, 1.82) is 0 Å². The van der Waals surface area contributed by atoms with E-state index < -0.39 is 6.09 Å². The summed E-state index contributed by atoms with van der Waals surface area (Å²) in [5.41, 5.74) is 2.72. The zero-order valence-electron chi connectivity index (χ0n) is 15.4. The number of carbonyl (C=O) groups excluding carboxylic acids is 1. The van der Waals surface area contributed by atoms with Gasteiger partial charge in [-0.3, -0.25) is 4.90 Å². The van der Waals surface area contributed by atoms with Gasteiger partial charge in [-0.1, -0.05) is 23.5 Å². The number of allylic oxidation sites excluding steroid dienone is 1. The average Bonchev–Trinajstić information content (AvgIpc) is 3.38. The fourth-order valence-corrected chi connectivity index (χ4v) is 5.69. The summed E-state index contributed by atoms with van der Waals surface area (Å²) in [6.07, 6.45) is 5.73. The maximum Gasteiger partial charge on any atom is 0.407 e. The standard InChI is InChI=1S/C20H18N4O4S/c25-18-21-11-7-8-23(20(26)27)9-12(11)24(18)19-22-17-15(29-19)6-5-14-16(17)10-3-1-2-4-13(10)28-14/h1,3,5-6,11-12H,2,4,7-9H2,(H,21,25)(H,26,27)/t11-,12+/m1/s1. The van der Waals surface area contributed by atoms with E-state index in [9.17, 15) is 14.7 Å². The number of amides is 3. The van der Waals surface area contributed by atoms with Gasteiger partial charge >= 0.3 is 12.1 Å². The van der Waals surface area contributed by atoms with Crippen molar-refractivity contribution >= 4 is 55.9 Å². The van der Waals surface area contributed by atoms with Crippen molar-refractivity contribution in [2.75, 3.05) is 18.0 Å². The highest BCUT2D eigenvalue weighted by atomic mass is 32.1.